The van der Waals surface area contributed by atoms with Gasteiger partial charge in [0.1, 0.15) is 18.2 Å². The lowest BCUT2D eigenvalue weighted by atomic mass is 9.93. The second kappa shape index (κ2) is 12.4. The molecule has 0 spiro atoms. The molecule has 0 aliphatic carbocycles. The highest BCUT2D eigenvalue weighted by atomic mass is 16.6. The van der Waals surface area contributed by atoms with Crippen molar-refractivity contribution in [2.45, 2.75) is 79.1 Å². The SMILES string of the molecule is CCC(C)N(C(=O)CNC(=O)OC(C)(C)C)C(C(=O)NCc1ccccc1)c1c(C)cccc1C. The number of alkyl carbamates (subject to hydrolysis) is 1. The molecule has 2 N–H and O–H groups in total. The first-order chi connectivity index (χ1) is 16.4. The molecule has 0 aliphatic rings. The Morgan fingerprint density at radius 2 is 1.54 bits per heavy atom. The molecule has 0 radical (unpaired) electrons. The van der Waals surface area contributed by atoms with Crippen molar-refractivity contribution < 1.29 is 19.1 Å². The molecule has 0 saturated carbocycles. The molecule has 2 rings (SSSR count). The van der Waals surface area contributed by atoms with Crippen LogP contribution in [0.3, 0.4) is 0 Å². The van der Waals surface area contributed by atoms with Gasteiger partial charge in [-0.15, -0.1) is 0 Å². The van der Waals surface area contributed by atoms with E-state index in [4.69, 9.17) is 4.74 Å². The van der Waals surface area contributed by atoms with E-state index in [0.29, 0.717) is 13.0 Å². The van der Waals surface area contributed by atoms with Crippen molar-refractivity contribution in [1.29, 1.82) is 0 Å². The average molecular weight is 482 g/mol. The Hall–Kier alpha value is -3.35. The highest BCUT2D eigenvalue weighted by Crippen LogP contribution is 2.30. The second-order valence-corrected chi connectivity index (χ2v) is 9.83. The number of rotatable bonds is 9. The van der Waals surface area contributed by atoms with E-state index < -0.39 is 17.7 Å². The van der Waals surface area contributed by atoms with Crippen LogP contribution >= 0.6 is 0 Å². The van der Waals surface area contributed by atoms with E-state index in [1.807, 2.05) is 76.2 Å². The van der Waals surface area contributed by atoms with E-state index in [1.165, 1.54) is 0 Å². The minimum absolute atomic E-state index is 0.241. The molecular weight excluding hydrogens is 442 g/mol. The summed E-state index contributed by atoms with van der Waals surface area (Å²) in [6.45, 7) is 13.1. The molecular formula is C28H39N3O4. The van der Waals surface area contributed by atoms with Gasteiger partial charge >= 0.3 is 6.09 Å². The zero-order valence-corrected chi connectivity index (χ0v) is 22.0. The Morgan fingerprint density at radius 1 is 0.943 bits per heavy atom. The van der Waals surface area contributed by atoms with Crippen molar-refractivity contribution in [3.63, 3.8) is 0 Å². The first kappa shape index (κ1) is 27.9. The summed E-state index contributed by atoms with van der Waals surface area (Å²) in [5.41, 5.74) is 2.93. The van der Waals surface area contributed by atoms with Crippen LogP contribution in [0, 0.1) is 13.8 Å². The number of carbonyl (C=O) groups is 3. The van der Waals surface area contributed by atoms with E-state index >= 15 is 0 Å². The molecule has 190 valence electrons. The van der Waals surface area contributed by atoms with Crippen LogP contribution in [0.15, 0.2) is 48.5 Å². The van der Waals surface area contributed by atoms with Crippen LogP contribution in [0.25, 0.3) is 0 Å². The summed E-state index contributed by atoms with van der Waals surface area (Å²) < 4.78 is 5.27. The van der Waals surface area contributed by atoms with Crippen LogP contribution in [0.1, 0.15) is 69.3 Å². The van der Waals surface area contributed by atoms with Gasteiger partial charge in [0, 0.05) is 12.6 Å². The van der Waals surface area contributed by atoms with Gasteiger partial charge in [0.05, 0.1) is 0 Å². The third-order valence-corrected chi connectivity index (χ3v) is 5.79. The molecule has 0 bridgehead atoms. The van der Waals surface area contributed by atoms with Gasteiger partial charge in [-0.25, -0.2) is 4.79 Å². The minimum Gasteiger partial charge on any atom is -0.444 e. The van der Waals surface area contributed by atoms with Gasteiger partial charge in [0.15, 0.2) is 0 Å². The summed E-state index contributed by atoms with van der Waals surface area (Å²) in [7, 11) is 0. The van der Waals surface area contributed by atoms with Crippen molar-refractivity contribution in [1.82, 2.24) is 15.5 Å². The molecule has 2 atom stereocenters. The van der Waals surface area contributed by atoms with Crippen LogP contribution in [0.4, 0.5) is 4.79 Å². The summed E-state index contributed by atoms with van der Waals surface area (Å²) >= 11 is 0. The summed E-state index contributed by atoms with van der Waals surface area (Å²) in [5.74, 6) is -0.620. The zero-order chi connectivity index (χ0) is 26.2. The molecule has 0 aromatic heterocycles. The Labute approximate surface area is 209 Å². The van der Waals surface area contributed by atoms with Crippen LogP contribution in [-0.4, -0.2) is 41.0 Å². The largest absolute Gasteiger partial charge is 0.444 e. The van der Waals surface area contributed by atoms with Crippen molar-refractivity contribution in [3.8, 4) is 0 Å². The Bertz CT molecular complexity index is 994. The number of nitrogens with zero attached hydrogens (tertiary/aromatic N) is 1. The third-order valence-electron chi connectivity index (χ3n) is 5.79. The van der Waals surface area contributed by atoms with Gasteiger partial charge < -0.3 is 20.3 Å². The fourth-order valence-electron chi connectivity index (χ4n) is 3.93. The maximum absolute atomic E-state index is 13.7. The molecule has 7 heteroatoms. The van der Waals surface area contributed by atoms with Gasteiger partial charge in [-0.2, -0.15) is 0 Å². The molecule has 35 heavy (non-hydrogen) atoms. The van der Waals surface area contributed by atoms with E-state index in [0.717, 1.165) is 22.3 Å². The zero-order valence-electron chi connectivity index (χ0n) is 22.0. The van der Waals surface area contributed by atoms with Crippen molar-refractivity contribution >= 4 is 17.9 Å². The molecule has 2 unspecified atom stereocenters. The molecule has 7 nitrogen and oxygen atoms in total. The summed E-state index contributed by atoms with van der Waals surface area (Å²) in [5, 5.41) is 5.56. The maximum atomic E-state index is 13.7. The van der Waals surface area contributed by atoms with E-state index in [9.17, 15) is 14.4 Å². The normalized spacial score (nSPS) is 12.9. The topological polar surface area (TPSA) is 87.7 Å². The van der Waals surface area contributed by atoms with Crippen LogP contribution in [0.5, 0.6) is 0 Å². The summed E-state index contributed by atoms with van der Waals surface area (Å²) in [4.78, 5) is 41.0. The summed E-state index contributed by atoms with van der Waals surface area (Å²) in [6.07, 6.45) is -0.0296. The predicted octanol–water partition coefficient (Wildman–Crippen LogP) is 4.81. The number of ether oxygens (including phenoxy) is 1. The van der Waals surface area contributed by atoms with Crippen molar-refractivity contribution in [2.75, 3.05) is 6.54 Å². The number of hydrogen-bond donors (Lipinski definition) is 2. The van der Waals surface area contributed by atoms with E-state index in [1.54, 1.807) is 25.7 Å². The molecule has 2 aromatic carbocycles. The molecule has 0 heterocycles. The Kier molecular flexibility index (Phi) is 9.87. The van der Waals surface area contributed by atoms with Crippen molar-refractivity contribution in [2.24, 2.45) is 0 Å². The predicted molar refractivity (Wildman–Crippen MR) is 138 cm³/mol. The number of benzene rings is 2. The third kappa shape index (κ3) is 8.12. The lowest BCUT2D eigenvalue weighted by Gasteiger charge is -2.37. The van der Waals surface area contributed by atoms with Gasteiger partial charge in [0.25, 0.3) is 0 Å². The monoisotopic (exact) mass is 481 g/mol. The highest BCUT2D eigenvalue weighted by molar-refractivity contribution is 5.91. The number of nitrogens with one attached hydrogen (secondary N) is 2. The van der Waals surface area contributed by atoms with Crippen LogP contribution in [0.2, 0.25) is 0 Å². The van der Waals surface area contributed by atoms with E-state index in [-0.39, 0.29) is 24.4 Å². The number of amides is 3. The molecule has 3 amide bonds. The van der Waals surface area contributed by atoms with Gasteiger partial charge in [-0.1, -0.05) is 55.5 Å². The average Bonchev–Trinajstić information content (AvgIpc) is 2.79. The quantitative estimate of drug-likeness (QED) is 0.538. The van der Waals surface area contributed by atoms with Gasteiger partial charge in [-0.05, 0) is 70.2 Å². The summed E-state index contributed by atoms with van der Waals surface area (Å²) in [6, 6.07) is 14.4. The first-order valence-electron chi connectivity index (χ1n) is 12.1. The Balaban J connectivity index is 2.39. The molecule has 0 aliphatic heterocycles. The van der Waals surface area contributed by atoms with Gasteiger partial charge in [0.2, 0.25) is 11.8 Å². The number of carbonyl (C=O) groups excluding carboxylic acids is 3. The van der Waals surface area contributed by atoms with Gasteiger partial charge in [-0.3, -0.25) is 9.59 Å². The first-order valence-corrected chi connectivity index (χ1v) is 12.1. The van der Waals surface area contributed by atoms with Crippen molar-refractivity contribution in [3.05, 3.63) is 70.8 Å². The standard InChI is InChI=1S/C28H39N3O4/c1-8-21(4)31(23(32)18-30-27(34)35-28(5,6)7)25(24-19(2)13-12-14-20(24)3)26(33)29-17-22-15-10-9-11-16-22/h9-16,21,25H,8,17-18H2,1-7H3,(H,29,33)(H,30,34). The lowest BCUT2D eigenvalue weighted by molar-refractivity contribution is -0.142. The lowest BCUT2D eigenvalue weighted by Crippen LogP contribution is -2.51. The number of hydrogen-bond acceptors (Lipinski definition) is 4. The smallest absolute Gasteiger partial charge is 0.408 e. The highest BCUT2D eigenvalue weighted by Gasteiger charge is 2.36. The maximum Gasteiger partial charge on any atom is 0.408 e. The fraction of sp³-hybridized carbons (Fsp3) is 0.464. The second-order valence-electron chi connectivity index (χ2n) is 9.83. The molecule has 0 fully saturated rings. The fourth-order valence-corrected chi connectivity index (χ4v) is 3.93. The minimum atomic E-state index is -0.845. The Morgan fingerprint density at radius 3 is 2.09 bits per heavy atom. The van der Waals surface area contributed by atoms with Crippen LogP contribution in [-0.2, 0) is 20.9 Å². The van der Waals surface area contributed by atoms with E-state index in [2.05, 4.69) is 10.6 Å². The number of aryl methyl sites for hydroxylation is 2. The molecule has 2 aromatic rings. The van der Waals surface area contributed by atoms with Crippen LogP contribution < -0.4 is 10.6 Å². The molecule has 0 saturated heterocycles.